The van der Waals surface area contributed by atoms with Crippen LogP contribution in [0.5, 0.6) is 0 Å². The summed E-state index contributed by atoms with van der Waals surface area (Å²) in [6.45, 7) is 5.42. The molecule has 0 unspecified atom stereocenters. The third kappa shape index (κ3) is 3.14. The standard InChI is InChI=1S/C13H20FN3/c1-10(2)6-13(4-3-5-13)9-17-12-15-7-11(14)8-16-12/h7-8,10H,3-6,9H2,1-2H3,(H,15,16,17). The Morgan fingerprint density at radius 3 is 2.47 bits per heavy atom. The van der Waals surface area contributed by atoms with Gasteiger partial charge < -0.3 is 5.32 Å². The summed E-state index contributed by atoms with van der Waals surface area (Å²) >= 11 is 0. The first-order valence-electron chi connectivity index (χ1n) is 6.31. The fraction of sp³-hybridized carbons (Fsp3) is 0.692. The predicted molar refractivity (Wildman–Crippen MR) is 66.2 cm³/mol. The van der Waals surface area contributed by atoms with Crippen LogP contribution in [0.1, 0.15) is 39.5 Å². The van der Waals surface area contributed by atoms with Gasteiger partial charge in [0.15, 0.2) is 5.82 Å². The quantitative estimate of drug-likeness (QED) is 0.854. The number of aromatic nitrogens is 2. The van der Waals surface area contributed by atoms with E-state index < -0.39 is 5.82 Å². The molecule has 0 radical (unpaired) electrons. The minimum Gasteiger partial charge on any atom is -0.354 e. The zero-order valence-corrected chi connectivity index (χ0v) is 10.5. The van der Waals surface area contributed by atoms with Crippen molar-refractivity contribution in [3.63, 3.8) is 0 Å². The monoisotopic (exact) mass is 237 g/mol. The highest BCUT2D eigenvalue weighted by Crippen LogP contribution is 2.45. The van der Waals surface area contributed by atoms with E-state index >= 15 is 0 Å². The Kier molecular flexibility index (Phi) is 3.60. The predicted octanol–water partition coefficient (Wildman–Crippen LogP) is 3.24. The molecule has 1 aliphatic rings. The summed E-state index contributed by atoms with van der Waals surface area (Å²) in [6.07, 6.45) is 7.51. The largest absolute Gasteiger partial charge is 0.354 e. The van der Waals surface area contributed by atoms with Crippen LogP contribution in [-0.4, -0.2) is 16.5 Å². The summed E-state index contributed by atoms with van der Waals surface area (Å²) in [4.78, 5) is 7.84. The van der Waals surface area contributed by atoms with Crippen molar-refractivity contribution in [2.24, 2.45) is 11.3 Å². The average Bonchev–Trinajstić information content (AvgIpc) is 2.23. The van der Waals surface area contributed by atoms with Gasteiger partial charge >= 0.3 is 0 Å². The Morgan fingerprint density at radius 2 is 2.00 bits per heavy atom. The summed E-state index contributed by atoms with van der Waals surface area (Å²) < 4.78 is 12.7. The summed E-state index contributed by atoms with van der Waals surface area (Å²) in [5.41, 5.74) is 0.409. The van der Waals surface area contributed by atoms with Crippen molar-refractivity contribution in [3.05, 3.63) is 18.2 Å². The molecule has 0 atom stereocenters. The van der Waals surface area contributed by atoms with Crippen LogP contribution in [-0.2, 0) is 0 Å². The highest BCUT2D eigenvalue weighted by atomic mass is 19.1. The molecule has 1 fully saturated rings. The summed E-state index contributed by atoms with van der Waals surface area (Å²) in [5, 5.41) is 3.23. The zero-order chi connectivity index (χ0) is 12.3. The molecule has 1 aliphatic carbocycles. The SMILES string of the molecule is CC(C)CC1(CNc2ncc(F)cn2)CCC1. The molecule has 94 valence electrons. The Hall–Kier alpha value is -1.19. The van der Waals surface area contributed by atoms with E-state index in [0.29, 0.717) is 17.3 Å². The molecule has 3 nitrogen and oxygen atoms in total. The topological polar surface area (TPSA) is 37.8 Å². The average molecular weight is 237 g/mol. The summed E-state index contributed by atoms with van der Waals surface area (Å²) in [7, 11) is 0. The van der Waals surface area contributed by atoms with E-state index in [4.69, 9.17) is 0 Å². The normalized spacial score (nSPS) is 17.9. The smallest absolute Gasteiger partial charge is 0.222 e. The molecule has 0 saturated heterocycles. The fourth-order valence-corrected chi connectivity index (χ4v) is 2.67. The maximum atomic E-state index is 12.7. The molecule has 4 heteroatoms. The van der Waals surface area contributed by atoms with Gasteiger partial charge in [-0.15, -0.1) is 0 Å². The van der Waals surface area contributed by atoms with Gasteiger partial charge in [-0.25, -0.2) is 14.4 Å². The first-order chi connectivity index (χ1) is 8.10. The molecule has 0 spiro atoms. The third-order valence-electron chi connectivity index (χ3n) is 3.50. The van der Waals surface area contributed by atoms with Crippen LogP contribution < -0.4 is 5.32 Å². The van der Waals surface area contributed by atoms with Gasteiger partial charge in [0, 0.05) is 6.54 Å². The minimum absolute atomic E-state index is 0.393. The van der Waals surface area contributed by atoms with Crippen molar-refractivity contribution in [1.29, 1.82) is 0 Å². The molecule has 17 heavy (non-hydrogen) atoms. The third-order valence-corrected chi connectivity index (χ3v) is 3.50. The zero-order valence-electron chi connectivity index (χ0n) is 10.5. The Labute approximate surface area is 102 Å². The Morgan fingerprint density at radius 1 is 1.35 bits per heavy atom. The van der Waals surface area contributed by atoms with E-state index in [2.05, 4.69) is 29.1 Å². The number of halogens is 1. The number of hydrogen-bond donors (Lipinski definition) is 1. The highest BCUT2D eigenvalue weighted by molar-refractivity contribution is 5.23. The van der Waals surface area contributed by atoms with Crippen LogP contribution in [0.25, 0.3) is 0 Å². The van der Waals surface area contributed by atoms with Crippen molar-refractivity contribution in [2.75, 3.05) is 11.9 Å². The summed E-state index contributed by atoms with van der Waals surface area (Å²) in [6, 6.07) is 0. The van der Waals surface area contributed by atoms with E-state index in [1.807, 2.05) is 0 Å². The van der Waals surface area contributed by atoms with Crippen LogP contribution in [0.3, 0.4) is 0 Å². The lowest BCUT2D eigenvalue weighted by molar-refractivity contribution is 0.116. The lowest BCUT2D eigenvalue weighted by Gasteiger charge is -2.43. The molecule has 0 bridgehead atoms. The second-order valence-electron chi connectivity index (χ2n) is 5.53. The van der Waals surface area contributed by atoms with Crippen LogP contribution in [0.4, 0.5) is 10.3 Å². The second kappa shape index (κ2) is 4.98. The molecular formula is C13H20FN3. The Balaban J connectivity index is 1.89. The van der Waals surface area contributed by atoms with Gasteiger partial charge in [-0.05, 0) is 30.6 Å². The van der Waals surface area contributed by atoms with E-state index in [1.54, 1.807) is 0 Å². The van der Waals surface area contributed by atoms with Crippen molar-refractivity contribution in [1.82, 2.24) is 9.97 Å². The van der Waals surface area contributed by atoms with Gasteiger partial charge in [0.1, 0.15) is 0 Å². The molecule has 1 aromatic rings. The van der Waals surface area contributed by atoms with Gasteiger partial charge in [0.2, 0.25) is 5.95 Å². The van der Waals surface area contributed by atoms with Gasteiger partial charge in [-0.2, -0.15) is 0 Å². The van der Waals surface area contributed by atoms with Gasteiger partial charge in [-0.3, -0.25) is 0 Å². The maximum Gasteiger partial charge on any atom is 0.222 e. The van der Waals surface area contributed by atoms with Crippen molar-refractivity contribution in [3.8, 4) is 0 Å². The van der Waals surface area contributed by atoms with Crippen LogP contribution in [0, 0.1) is 17.2 Å². The fourth-order valence-electron chi connectivity index (χ4n) is 2.67. The van der Waals surface area contributed by atoms with Crippen LogP contribution in [0.2, 0.25) is 0 Å². The molecule has 0 aliphatic heterocycles. The molecule has 0 amide bonds. The molecule has 1 aromatic heterocycles. The number of nitrogens with zero attached hydrogens (tertiary/aromatic N) is 2. The molecule has 2 rings (SSSR count). The van der Waals surface area contributed by atoms with E-state index in [0.717, 1.165) is 6.54 Å². The first kappa shape index (κ1) is 12.3. The second-order valence-corrected chi connectivity index (χ2v) is 5.53. The number of hydrogen-bond acceptors (Lipinski definition) is 3. The number of rotatable bonds is 5. The maximum absolute atomic E-state index is 12.7. The van der Waals surface area contributed by atoms with Gasteiger partial charge in [0.25, 0.3) is 0 Å². The van der Waals surface area contributed by atoms with Crippen LogP contribution >= 0.6 is 0 Å². The van der Waals surface area contributed by atoms with Crippen molar-refractivity contribution < 1.29 is 4.39 Å². The minimum atomic E-state index is -0.393. The molecule has 0 aromatic carbocycles. The van der Waals surface area contributed by atoms with E-state index in [1.165, 1.54) is 38.1 Å². The highest BCUT2D eigenvalue weighted by Gasteiger charge is 2.37. The molecular weight excluding hydrogens is 217 g/mol. The first-order valence-corrected chi connectivity index (χ1v) is 6.31. The lowest BCUT2D eigenvalue weighted by atomic mass is 9.64. The molecule has 1 N–H and O–H groups in total. The number of anilines is 1. The van der Waals surface area contributed by atoms with Crippen molar-refractivity contribution >= 4 is 5.95 Å². The Bertz CT molecular complexity index is 357. The number of nitrogens with one attached hydrogen (secondary N) is 1. The van der Waals surface area contributed by atoms with E-state index in [-0.39, 0.29) is 0 Å². The van der Waals surface area contributed by atoms with E-state index in [9.17, 15) is 4.39 Å². The van der Waals surface area contributed by atoms with Crippen molar-refractivity contribution in [2.45, 2.75) is 39.5 Å². The van der Waals surface area contributed by atoms with Gasteiger partial charge in [-0.1, -0.05) is 20.3 Å². The van der Waals surface area contributed by atoms with Crippen LogP contribution in [0.15, 0.2) is 12.4 Å². The lowest BCUT2D eigenvalue weighted by Crippen LogP contribution is -2.38. The summed E-state index contributed by atoms with van der Waals surface area (Å²) in [5.74, 6) is 0.851. The molecule has 1 saturated carbocycles. The molecule has 1 heterocycles. The van der Waals surface area contributed by atoms with Gasteiger partial charge in [0.05, 0.1) is 12.4 Å².